The Hall–Kier alpha value is -1.86. The molecule has 2 amide bonds. The molecule has 0 spiro atoms. The Bertz CT molecular complexity index is 644. The van der Waals surface area contributed by atoms with E-state index in [0.29, 0.717) is 12.1 Å². The van der Waals surface area contributed by atoms with Gasteiger partial charge in [0.1, 0.15) is 5.02 Å². The molecule has 20 heavy (non-hydrogen) atoms. The zero-order valence-corrected chi connectivity index (χ0v) is 11.9. The maximum atomic E-state index is 11.9. The van der Waals surface area contributed by atoms with Crippen molar-refractivity contribution in [3.63, 3.8) is 0 Å². The smallest absolute Gasteiger partial charge is 0.269 e. The van der Waals surface area contributed by atoms with Crippen molar-refractivity contribution in [1.29, 1.82) is 0 Å². The van der Waals surface area contributed by atoms with Gasteiger partial charge in [0.2, 0.25) is 0 Å². The first-order valence-electron chi connectivity index (χ1n) is 5.63. The molecule has 1 aromatic carbocycles. The zero-order valence-electron chi connectivity index (χ0n) is 10.3. The molecule has 2 rings (SSSR count). The highest BCUT2D eigenvalue weighted by Crippen LogP contribution is 2.33. The van der Waals surface area contributed by atoms with Crippen LogP contribution in [0.2, 0.25) is 5.02 Å². The number of halogens is 1. The number of carbonyl (C=O) groups is 2. The summed E-state index contributed by atoms with van der Waals surface area (Å²) in [5, 5.41) is 10.5. The predicted octanol–water partition coefficient (Wildman–Crippen LogP) is 3.30. The molecule has 0 N–H and O–H groups in total. The monoisotopic (exact) mass is 312 g/mol. The highest BCUT2D eigenvalue weighted by atomic mass is 35.5. The van der Waals surface area contributed by atoms with Crippen molar-refractivity contribution in [3.05, 3.63) is 43.8 Å². The third-order valence-corrected chi connectivity index (χ3v) is 3.88. The molecule has 6 nitrogen and oxygen atoms in total. The van der Waals surface area contributed by atoms with Gasteiger partial charge in [-0.15, -0.1) is 0 Å². The van der Waals surface area contributed by atoms with E-state index in [9.17, 15) is 19.7 Å². The van der Waals surface area contributed by atoms with Crippen LogP contribution in [0, 0.1) is 10.1 Å². The quantitative estimate of drug-likeness (QED) is 0.486. The Morgan fingerprint density at radius 1 is 1.45 bits per heavy atom. The third-order valence-electron chi connectivity index (χ3n) is 2.65. The molecule has 1 saturated heterocycles. The number of thioether (sulfide) groups is 1. The Kier molecular flexibility index (Phi) is 4.10. The normalized spacial score (nSPS) is 17.1. The Morgan fingerprint density at radius 2 is 2.15 bits per heavy atom. The van der Waals surface area contributed by atoms with Gasteiger partial charge in [-0.1, -0.05) is 17.7 Å². The number of hydrogen-bond donors (Lipinski definition) is 0. The van der Waals surface area contributed by atoms with Crippen LogP contribution in [-0.2, 0) is 4.79 Å². The third kappa shape index (κ3) is 2.68. The maximum absolute atomic E-state index is 11.9. The van der Waals surface area contributed by atoms with Crippen molar-refractivity contribution < 1.29 is 14.5 Å². The summed E-state index contributed by atoms with van der Waals surface area (Å²) in [5.74, 6) is -0.389. The minimum Gasteiger partial charge on any atom is -0.269 e. The molecule has 1 fully saturated rings. The number of benzene rings is 1. The molecule has 1 heterocycles. The fourth-order valence-electron chi connectivity index (χ4n) is 1.68. The maximum Gasteiger partial charge on any atom is 0.293 e. The van der Waals surface area contributed by atoms with E-state index in [0.717, 1.165) is 16.7 Å². The molecule has 0 bridgehead atoms. The average Bonchev–Trinajstić information content (AvgIpc) is 2.66. The molecular weight excluding hydrogens is 304 g/mol. The van der Waals surface area contributed by atoms with E-state index in [-0.39, 0.29) is 26.8 Å². The van der Waals surface area contributed by atoms with Crippen LogP contribution in [0.4, 0.5) is 10.5 Å². The lowest BCUT2D eigenvalue weighted by Crippen LogP contribution is -2.27. The van der Waals surface area contributed by atoms with Crippen molar-refractivity contribution in [1.82, 2.24) is 4.90 Å². The first-order valence-corrected chi connectivity index (χ1v) is 6.82. The predicted molar refractivity (Wildman–Crippen MR) is 76.5 cm³/mol. The number of rotatable bonds is 3. The van der Waals surface area contributed by atoms with Crippen LogP contribution in [-0.4, -0.2) is 27.5 Å². The first-order chi connectivity index (χ1) is 9.43. The van der Waals surface area contributed by atoms with Crippen LogP contribution in [0.15, 0.2) is 23.1 Å². The van der Waals surface area contributed by atoms with Gasteiger partial charge in [0.15, 0.2) is 0 Å². The number of nitro groups is 1. The van der Waals surface area contributed by atoms with E-state index in [1.54, 1.807) is 13.0 Å². The number of likely N-dealkylation sites (N-methyl/N-ethyl adjacent to an activating group) is 1. The average molecular weight is 313 g/mol. The summed E-state index contributed by atoms with van der Waals surface area (Å²) in [6, 6.07) is 4.20. The van der Waals surface area contributed by atoms with Gasteiger partial charge in [-0.3, -0.25) is 24.6 Å². The van der Waals surface area contributed by atoms with Crippen molar-refractivity contribution >= 4 is 46.3 Å². The molecule has 8 heteroatoms. The van der Waals surface area contributed by atoms with Gasteiger partial charge in [0.05, 0.1) is 9.83 Å². The van der Waals surface area contributed by atoms with Gasteiger partial charge in [-0.2, -0.15) is 0 Å². The number of nitro benzene ring substituents is 1. The second-order valence-electron chi connectivity index (χ2n) is 3.89. The minimum atomic E-state index is -0.600. The van der Waals surface area contributed by atoms with Gasteiger partial charge < -0.3 is 0 Å². The van der Waals surface area contributed by atoms with Crippen LogP contribution in [0.5, 0.6) is 0 Å². The van der Waals surface area contributed by atoms with Crippen molar-refractivity contribution in [2.24, 2.45) is 0 Å². The van der Waals surface area contributed by atoms with Crippen LogP contribution in [0.3, 0.4) is 0 Å². The lowest BCUT2D eigenvalue weighted by Gasteiger charge is -2.06. The number of hydrogen-bond acceptors (Lipinski definition) is 5. The molecule has 0 atom stereocenters. The highest BCUT2D eigenvalue weighted by Gasteiger charge is 2.33. The Balaban J connectivity index is 2.37. The SMILES string of the molecule is CCN1C(=O)SC(=Cc2ccc(Cl)c([N+](=O)[O-])c2)C1=O. The molecule has 0 radical (unpaired) electrons. The van der Waals surface area contributed by atoms with Gasteiger partial charge in [0.25, 0.3) is 16.8 Å². The summed E-state index contributed by atoms with van der Waals surface area (Å²) >= 11 is 6.52. The Labute approximate surface area is 123 Å². The van der Waals surface area contributed by atoms with Crippen LogP contribution in [0.1, 0.15) is 12.5 Å². The lowest BCUT2D eigenvalue weighted by molar-refractivity contribution is -0.384. The molecule has 0 saturated carbocycles. The zero-order chi connectivity index (χ0) is 14.9. The van der Waals surface area contributed by atoms with Crippen LogP contribution >= 0.6 is 23.4 Å². The first kappa shape index (κ1) is 14.5. The molecule has 1 aliphatic heterocycles. The molecule has 0 aliphatic carbocycles. The number of carbonyl (C=O) groups excluding carboxylic acids is 2. The summed E-state index contributed by atoms with van der Waals surface area (Å²) in [6.07, 6.45) is 1.45. The van der Waals surface area contributed by atoms with E-state index in [2.05, 4.69) is 0 Å². The van der Waals surface area contributed by atoms with E-state index < -0.39 is 4.92 Å². The van der Waals surface area contributed by atoms with Gasteiger partial charge >= 0.3 is 0 Å². The summed E-state index contributed by atoms with van der Waals surface area (Å²) in [6.45, 7) is 2.00. The lowest BCUT2D eigenvalue weighted by atomic mass is 10.2. The fraction of sp³-hybridized carbons (Fsp3) is 0.167. The molecule has 1 aliphatic rings. The van der Waals surface area contributed by atoms with Gasteiger partial charge in [0, 0.05) is 12.6 Å². The van der Waals surface area contributed by atoms with E-state index in [4.69, 9.17) is 11.6 Å². The summed E-state index contributed by atoms with van der Waals surface area (Å²) in [5.41, 5.74) is 0.206. The van der Waals surface area contributed by atoms with Crippen molar-refractivity contribution in [3.8, 4) is 0 Å². The topological polar surface area (TPSA) is 80.5 Å². The van der Waals surface area contributed by atoms with Crippen molar-refractivity contribution in [2.45, 2.75) is 6.92 Å². The molecule has 0 aromatic heterocycles. The summed E-state index contributed by atoms with van der Waals surface area (Å²) in [7, 11) is 0. The second kappa shape index (κ2) is 5.64. The van der Waals surface area contributed by atoms with Gasteiger partial charge in [-0.25, -0.2) is 0 Å². The fourth-order valence-corrected chi connectivity index (χ4v) is 2.77. The molecular formula is C12H9ClN2O4S. The largest absolute Gasteiger partial charge is 0.293 e. The van der Waals surface area contributed by atoms with Crippen molar-refractivity contribution in [2.75, 3.05) is 6.54 Å². The number of nitrogens with zero attached hydrogens (tertiary/aromatic N) is 2. The second-order valence-corrected chi connectivity index (χ2v) is 5.29. The molecule has 104 valence electrons. The Morgan fingerprint density at radius 3 is 2.70 bits per heavy atom. The van der Waals surface area contributed by atoms with Gasteiger partial charge in [-0.05, 0) is 36.4 Å². The van der Waals surface area contributed by atoms with E-state index >= 15 is 0 Å². The van der Waals surface area contributed by atoms with Crippen LogP contribution in [0.25, 0.3) is 6.08 Å². The minimum absolute atomic E-state index is 0.0220. The van der Waals surface area contributed by atoms with E-state index in [1.807, 2.05) is 0 Å². The number of imide groups is 1. The molecule has 0 unspecified atom stereocenters. The highest BCUT2D eigenvalue weighted by molar-refractivity contribution is 8.18. The van der Waals surface area contributed by atoms with Crippen LogP contribution < -0.4 is 0 Å². The number of amides is 2. The van der Waals surface area contributed by atoms with E-state index in [1.165, 1.54) is 18.2 Å². The standard InChI is InChI=1S/C12H9ClN2O4S/c1-2-14-11(16)10(20-12(14)17)6-7-3-4-8(13)9(5-7)15(18)19/h3-6H,2H2,1H3. The molecule has 1 aromatic rings. The summed E-state index contributed by atoms with van der Waals surface area (Å²) < 4.78 is 0. The summed E-state index contributed by atoms with van der Waals surface area (Å²) in [4.78, 5) is 35.0.